The summed E-state index contributed by atoms with van der Waals surface area (Å²) in [5, 5.41) is 5.17. The Morgan fingerprint density at radius 2 is 1.68 bits per heavy atom. The molecule has 0 heterocycles. The molecule has 6 heteroatoms. The summed E-state index contributed by atoms with van der Waals surface area (Å²) in [6.45, 7) is 0. The summed E-state index contributed by atoms with van der Waals surface area (Å²) >= 11 is 0. The summed E-state index contributed by atoms with van der Waals surface area (Å²) in [5.41, 5.74) is 3.36. The van der Waals surface area contributed by atoms with Crippen LogP contribution in [0.4, 0.5) is 10.1 Å². The summed E-state index contributed by atoms with van der Waals surface area (Å²) in [6.07, 6.45) is 2.34. The van der Waals surface area contributed by atoms with Crippen LogP contribution in [0.1, 0.15) is 24.0 Å². The van der Waals surface area contributed by atoms with Crippen molar-refractivity contribution in [1.82, 2.24) is 0 Å². The normalized spacial score (nSPS) is 13.0. The number of carbonyl (C=O) groups excluding carboxylic acids is 1. The fourth-order valence-corrected chi connectivity index (χ4v) is 5.06. The van der Waals surface area contributed by atoms with Crippen molar-refractivity contribution in [1.29, 1.82) is 0 Å². The van der Waals surface area contributed by atoms with Crippen molar-refractivity contribution in [2.45, 2.75) is 30.6 Å². The van der Waals surface area contributed by atoms with Crippen molar-refractivity contribution >= 4 is 32.2 Å². The zero-order chi connectivity index (χ0) is 19.7. The molecule has 1 aliphatic carbocycles. The molecule has 4 nitrogen and oxygen atoms in total. The van der Waals surface area contributed by atoms with Crippen molar-refractivity contribution in [2.24, 2.45) is 0 Å². The molecule has 28 heavy (non-hydrogen) atoms. The standard InChI is InChI=1S/C22H20FNO3S/c23-17-9-11-18(12-10-17)28(26,27)14-2-5-21(25)24-20-13-8-16-7-6-15-3-1-4-19(20)22(15)16/h1,3-4,8-13H,2,5-7,14H2,(H,24,25). The van der Waals surface area contributed by atoms with Gasteiger partial charge in [0.15, 0.2) is 9.84 Å². The van der Waals surface area contributed by atoms with E-state index in [1.807, 2.05) is 24.3 Å². The first-order valence-electron chi connectivity index (χ1n) is 9.26. The second-order valence-corrected chi connectivity index (χ2v) is 9.15. The lowest BCUT2D eigenvalue weighted by atomic mass is 10.0. The van der Waals surface area contributed by atoms with Crippen LogP contribution in [0.15, 0.2) is 59.5 Å². The third kappa shape index (κ3) is 3.64. The van der Waals surface area contributed by atoms with Gasteiger partial charge in [-0.3, -0.25) is 4.79 Å². The van der Waals surface area contributed by atoms with Crippen LogP contribution < -0.4 is 5.32 Å². The molecule has 3 aromatic rings. The van der Waals surface area contributed by atoms with Gasteiger partial charge < -0.3 is 5.32 Å². The fraction of sp³-hybridized carbons (Fsp3) is 0.227. The molecule has 1 aliphatic rings. The fourth-order valence-electron chi connectivity index (χ4n) is 3.75. The van der Waals surface area contributed by atoms with Crippen molar-refractivity contribution in [3.63, 3.8) is 0 Å². The predicted molar refractivity (Wildman–Crippen MR) is 108 cm³/mol. The molecule has 0 saturated carbocycles. The van der Waals surface area contributed by atoms with Gasteiger partial charge in [-0.05, 0) is 66.1 Å². The molecule has 144 valence electrons. The number of rotatable bonds is 6. The van der Waals surface area contributed by atoms with Crippen molar-refractivity contribution in [3.05, 3.63) is 71.5 Å². The Morgan fingerprint density at radius 1 is 0.964 bits per heavy atom. The second kappa shape index (κ2) is 7.36. The number of benzene rings is 3. The molecule has 0 spiro atoms. The maximum Gasteiger partial charge on any atom is 0.224 e. The number of hydrogen-bond acceptors (Lipinski definition) is 3. The number of nitrogens with one attached hydrogen (secondary N) is 1. The molecule has 0 aromatic heterocycles. The van der Waals surface area contributed by atoms with Crippen LogP contribution in [-0.2, 0) is 27.5 Å². The summed E-state index contributed by atoms with van der Waals surface area (Å²) in [7, 11) is -3.53. The molecule has 0 aliphatic heterocycles. The van der Waals surface area contributed by atoms with E-state index in [4.69, 9.17) is 0 Å². The molecule has 0 atom stereocenters. The minimum atomic E-state index is -3.53. The zero-order valence-electron chi connectivity index (χ0n) is 15.2. The van der Waals surface area contributed by atoms with E-state index in [-0.39, 0.29) is 29.4 Å². The first kappa shape index (κ1) is 18.6. The highest BCUT2D eigenvalue weighted by atomic mass is 32.2. The number of anilines is 1. The second-order valence-electron chi connectivity index (χ2n) is 7.04. The Hall–Kier alpha value is -2.73. The Balaban J connectivity index is 1.41. The zero-order valence-corrected chi connectivity index (χ0v) is 16.1. The van der Waals surface area contributed by atoms with Crippen LogP contribution in [0.5, 0.6) is 0 Å². The Labute approximate surface area is 163 Å². The van der Waals surface area contributed by atoms with Crippen LogP contribution in [0.25, 0.3) is 10.8 Å². The summed E-state index contributed by atoms with van der Waals surface area (Å²) in [4.78, 5) is 12.4. The maximum absolute atomic E-state index is 13.0. The van der Waals surface area contributed by atoms with Gasteiger partial charge in [0.2, 0.25) is 5.91 Å². The van der Waals surface area contributed by atoms with E-state index in [2.05, 4.69) is 11.4 Å². The van der Waals surface area contributed by atoms with E-state index in [0.29, 0.717) is 0 Å². The average molecular weight is 397 g/mol. The SMILES string of the molecule is O=C(CCCS(=O)(=O)c1ccc(F)cc1)Nc1ccc2c3c(cccc13)CC2. The van der Waals surface area contributed by atoms with Gasteiger partial charge in [-0.15, -0.1) is 0 Å². The predicted octanol–water partition coefficient (Wildman–Crippen LogP) is 4.27. The van der Waals surface area contributed by atoms with Gasteiger partial charge in [-0.2, -0.15) is 0 Å². The van der Waals surface area contributed by atoms with Gasteiger partial charge in [0.25, 0.3) is 0 Å². The van der Waals surface area contributed by atoms with Crippen LogP contribution in [-0.4, -0.2) is 20.1 Å². The highest BCUT2D eigenvalue weighted by molar-refractivity contribution is 7.91. The van der Waals surface area contributed by atoms with Gasteiger partial charge in [0.05, 0.1) is 10.6 Å². The molecule has 4 rings (SSSR count). The van der Waals surface area contributed by atoms with Gasteiger partial charge in [0.1, 0.15) is 5.82 Å². The number of carbonyl (C=O) groups is 1. The van der Waals surface area contributed by atoms with Crippen LogP contribution in [0, 0.1) is 5.82 Å². The highest BCUT2D eigenvalue weighted by Crippen LogP contribution is 2.35. The van der Waals surface area contributed by atoms with Crippen molar-refractivity contribution in [2.75, 3.05) is 11.1 Å². The highest BCUT2D eigenvalue weighted by Gasteiger charge is 2.18. The van der Waals surface area contributed by atoms with E-state index < -0.39 is 15.7 Å². The van der Waals surface area contributed by atoms with Crippen molar-refractivity contribution in [3.8, 4) is 0 Å². The Morgan fingerprint density at radius 3 is 2.43 bits per heavy atom. The smallest absolute Gasteiger partial charge is 0.224 e. The van der Waals surface area contributed by atoms with Gasteiger partial charge >= 0.3 is 0 Å². The van der Waals surface area contributed by atoms with Crippen LogP contribution in [0.2, 0.25) is 0 Å². The van der Waals surface area contributed by atoms with Crippen molar-refractivity contribution < 1.29 is 17.6 Å². The van der Waals surface area contributed by atoms with E-state index in [1.165, 1.54) is 28.6 Å². The molecule has 0 unspecified atom stereocenters. The maximum atomic E-state index is 13.0. The quantitative estimate of drug-likeness (QED) is 0.632. The van der Waals surface area contributed by atoms with Crippen LogP contribution >= 0.6 is 0 Å². The monoisotopic (exact) mass is 397 g/mol. The molecular formula is C22H20FNO3S. The van der Waals surface area contributed by atoms with Gasteiger partial charge in [0, 0.05) is 17.5 Å². The molecule has 0 radical (unpaired) electrons. The molecule has 3 aromatic carbocycles. The molecular weight excluding hydrogens is 377 g/mol. The average Bonchev–Trinajstić information content (AvgIpc) is 3.09. The largest absolute Gasteiger partial charge is 0.326 e. The minimum Gasteiger partial charge on any atom is -0.326 e. The number of hydrogen-bond donors (Lipinski definition) is 1. The molecule has 1 N–H and O–H groups in total. The lowest BCUT2D eigenvalue weighted by Crippen LogP contribution is -2.14. The van der Waals surface area contributed by atoms with E-state index in [0.717, 1.165) is 36.0 Å². The van der Waals surface area contributed by atoms with E-state index in [9.17, 15) is 17.6 Å². The first-order chi connectivity index (χ1) is 13.4. The van der Waals surface area contributed by atoms with E-state index in [1.54, 1.807) is 0 Å². The molecule has 1 amide bonds. The Bertz CT molecular complexity index is 1140. The summed E-state index contributed by atoms with van der Waals surface area (Å²) < 4.78 is 37.5. The lowest BCUT2D eigenvalue weighted by molar-refractivity contribution is -0.116. The first-order valence-corrected chi connectivity index (χ1v) is 10.9. The van der Waals surface area contributed by atoms with Crippen LogP contribution in [0.3, 0.4) is 0 Å². The third-order valence-electron chi connectivity index (χ3n) is 5.14. The van der Waals surface area contributed by atoms with Gasteiger partial charge in [-0.1, -0.05) is 24.3 Å². The Kier molecular flexibility index (Phi) is 4.89. The van der Waals surface area contributed by atoms with E-state index >= 15 is 0 Å². The topological polar surface area (TPSA) is 63.2 Å². The number of amides is 1. The summed E-state index contributed by atoms with van der Waals surface area (Å²) in [6, 6.07) is 14.8. The summed E-state index contributed by atoms with van der Waals surface area (Å²) in [5.74, 6) is -0.854. The number of sulfone groups is 1. The minimum absolute atomic E-state index is 0.0711. The molecule has 0 fully saturated rings. The number of halogens is 1. The number of aryl methyl sites for hydroxylation is 2. The van der Waals surface area contributed by atoms with Gasteiger partial charge in [-0.25, -0.2) is 12.8 Å². The molecule has 0 bridgehead atoms. The lowest BCUT2D eigenvalue weighted by Gasteiger charge is -2.11. The third-order valence-corrected chi connectivity index (χ3v) is 6.96. The molecule has 0 saturated heterocycles.